The van der Waals surface area contributed by atoms with Gasteiger partial charge in [-0.1, -0.05) is 6.07 Å². The van der Waals surface area contributed by atoms with Gasteiger partial charge in [0.05, 0.1) is 19.3 Å². The van der Waals surface area contributed by atoms with Crippen LogP contribution >= 0.6 is 22.7 Å². The van der Waals surface area contributed by atoms with E-state index in [9.17, 15) is 13.2 Å². The Hall–Kier alpha value is -2.27. The van der Waals surface area contributed by atoms with E-state index in [4.69, 9.17) is 4.74 Å². The van der Waals surface area contributed by atoms with Gasteiger partial charge in [0, 0.05) is 17.5 Å². The van der Waals surface area contributed by atoms with Crippen LogP contribution in [0.5, 0.6) is 5.75 Å². The van der Waals surface area contributed by atoms with Crippen LogP contribution in [0.4, 0.5) is 5.13 Å². The van der Waals surface area contributed by atoms with Gasteiger partial charge in [0.2, 0.25) is 5.91 Å². The third kappa shape index (κ3) is 4.41. The second-order valence-corrected chi connectivity index (χ2v) is 10.3. The summed E-state index contributed by atoms with van der Waals surface area (Å²) in [6.07, 6.45) is 0. The van der Waals surface area contributed by atoms with Crippen molar-refractivity contribution in [3.05, 3.63) is 46.7 Å². The van der Waals surface area contributed by atoms with E-state index in [0.29, 0.717) is 5.13 Å². The Morgan fingerprint density at radius 1 is 1.25 bits per heavy atom. The van der Waals surface area contributed by atoms with Crippen molar-refractivity contribution in [3.8, 4) is 17.0 Å². The highest BCUT2D eigenvalue weighted by atomic mass is 32.2. The lowest BCUT2D eigenvalue weighted by molar-refractivity contribution is -0.116. The molecule has 0 atom stereocenters. The molecule has 0 saturated carbocycles. The van der Waals surface area contributed by atoms with Crippen LogP contribution in [-0.4, -0.2) is 44.3 Å². The molecule has 0 saturated heterocycles. The summed E-state index contributed by atoms with van der Waals surface area (Å²) < 4.78 is 31.2. The van der Waals surface area contributed by atoms with Gasteiger partial charge in [-0.2, -0.15) is 4.31 Å². The van der Waals surface area contributed by atoms with E-state index in [2.05, 4.69) is 10.3 Å². The summed E-state index contributed by atoms with van der Waals surface area (Å²) in [6.45, 7) is 1.62. The molecule has 0 aliphatic heterocycles. The highest BCUT2D eigenvalue weighted by molar-refractivity contribution is 7.91. The van der Waals surface area contributed by atoms with Crippen LogP contribution in [0.1, 0.15) is 4.88 Å². The molecule has 1 aromatic carbocycles. The number of likely N-dealkylation sites (N-methyl/N-ethyl adjacent to an activating group) is 1. The van der Waals surface area contributed by atoms with Gasteiger partial charge in [-0.15, -0.1) is 22.7 Å². The number of aromatic nitrogens is 1. The molecule has 3 rings (SSSR count). The Morgan fingerprint density at radius 3 is 2.57 bits per heavy atom. The predicted molar refractivity (Wildman–Crippen MR) is 112 cm³/mol. The molecule has 2 heterocycles. The van der Waals surface area contributed by atoms with E-state index >= 15 is 0 Å². The van der Waals surface area contributed by atoms with Crippen molar-refractivity contribution in [1.82, 2.24) is 9.29 Å². The van der Waals surface area contributed by atoms with Crippen LogP contribution in [0.3, 0.4) is 0 Å². The summed E-state index contributed by atoms with van der Waals surface area (Å²) >= 11 is 2.45. The third-order valence-corrected chi connectivity index (χ3v) is 7.99. The van der Waals surface area contributed by atoms with Gasteiger partial charge in [0.25, 0.3) is 10.0 Å². The second-order valence-electron chi connectivity index (χ2n) is 5.89. The van der Waals surface area contributed by atoms with E-state index in [1.807, 2.05) is 31.2 Å². The van der Waals surface area contributed by atoms with Gasteiger partial charge >= 0.3 is 0 Å². The molecule has 0 bridgehead atoms. The maximum absolute atomic E-state index is 12.4. The molecule has 3 aromatic rings. The molecule has 10 heteroatoms. The Labute approximate surface area is 171 Å². The summed E-state index contributed by atoms with van der Waals surface area (Å²) in [7, 11) is -0.690. The number of hydrogen-bond acceptors (Lipinski definition) is 7. The smallest absolute Gasteiger partial charge is 0.252 e. The SMILES string of the molecule is COc1ccc(-c2nc(NC(=O)CN(C)S(=O)(=O)c3cccs3)sc2C)cc1. The van der Waals surface area contributed by atoms with Crippen LogP contribution in [0.15, 0.2) is 46.0 Å². The Balaban J connectivity index is 1.69. The Morgan fingerprint density at radius 2 is 1.96 bits per heavy atom. The van der Waals surface area contributed by atoms with Crippen LogP contribution in [0.2, 0.25) is 0 Å². The number of thiophene rings is 1. The zero-order valence-corrected chi connectivity index (χ0v) is 18.0. The van der Waals surface area contributed by atoms with E-state index in [1.54, 1.807) is 18.6 Å². The highest BCUT2D eigenvalue weighted by Gasteiger charge is 2.24. The largest absolute Gasteiger partial charge is 0.497 e. The van der Waals surface area contributed by atoms with Gasteiger partial charge in [0.15, 0.2) is 5.13 Å². The molecule has 28 heavy (non-hydrogen) atoms. The van der Waals surface area contributed by atoms with Crippen molar-refractivity contribution in [2.24, 2.45) is 0 Å². The molecule has 148 valence electrons. The van der Waals surface area contributed by atoms with E-state index in [0.717, 1.165) is 37.5 Å². The monoisotopic (exact) mass is 437 g/mol. The Bertz CT molecular complexity index is 1060. The van der Waals surface area contributed by atoms with Crippen LogP contribution in [0.25, 0.3) is 11.3 Å². The van der Waals surface area contributed by atoms with Crippen molar-refractivity contribution < 1.29 is 17.9 Å². The van der Waals surface area contributed by atoms with Crippen LogP contribution < -0.4 is 10.1 Å². The lowest BCUT2D eigenvalue weighted by atomic mass is 10.1. The fraction of sp³-hybridized carbons (Fsp3) is 0.222. The molecule has 1 amide bonds. The van der Waals surface area contributed by atoms with Crippen molar-refractivity contribution in [2.75, 3.05) is 26.0 Å². The fourth-order valence-corrected chi connectivity index (χ4v) is 5.66. The topological polar surface area (TPSA) is 88.6 Å². The van der Waals surface area contributed by atoms with Crippen molar-refractivity contribution in [1.29, 1.82) is 0 Å². The van der Waals surface area contributed by atoms with Gasteiger partial charge < -0.3 is 10.1 Å². The normalized spacial score (nSPS) is 11.6. The quantitative estimate of drug-likeness (QED) is 0.612. The lowest BCUT2D eigenvalue weighted by Gasteiger charge is -2.15. The number of nitrogens with zero attached hydrogens (tertiary/aromatic N) is 2. The van der Waals surface area contributed by atoms with E-state index in [-0.39, 0.29) is 10.8 Å². The van der Waals surface area contributed by atoms with Gasteiger partial charge in [-0.05, 0) is 42.6 Å². The van der Waals surface area contributed by atoms with Crippen LogP contribution in [0, 0.1) is 6.92 Å². The first-order valence-electron chi connectivity index (χ1n) is 8.23. The molecule has 0 spiro atoms. The first-order valence-corrected chi connectivity index (χ1v) is 11.4. The molecule has 2 aromatic heterocycles. The molecular formula is C18H19N3O4S3. The minimum Gasteiger partial charge on any atom is -0.497 e. The average Bonchev–Trinajstić information content (AvgIpc) is 3.32. The number of thiazole rings is 1. The summed E-state index contributed by atoms with van der Waals surface area (Å²) in [5.41, 5.74) is 1.68. The maximum Gasteiger partial charge on any atom is 0.252 e. The number of amides is 1. The number of nitrogens with one attached hydrogen (secondary N) is 1. The molecule has 0 aliphatic carbocycles. The molecular weight excluding hydrogens is 418 g/mol. The van der Waals surface area contributed by atoms with Gasteiger partial charge in [-0.25, -0.2) is 13.4 Å². The number of benzene rings is 1. The number of rotatable bonds is 7. The van der Waals surface area contributed by atoms with Crippen molar-refractivity contribution in [3.63, 3.8) is 0 Å². The summed E-state index contributed by atoms with van der Waals surface area (Å²) in [4.78, 5) is 17.7. The van der Waals surface area contributed by atoms with Gasteiger partial charge in [-0.3, -0.25) is 4.79 Å². The zero-order valence-electron chi connectivity index (χ0n) is 15.5. The zero-order chi connectivity index (χ0) is 20.3. The minimum absolute atomic E-state index is 0.203. The van der Waals surface area contributed by atoms with Crippen molar-refractivity contribution in [2.45, 2.75) is 11.1 Å². The lowest BCUT2D eigenvalue weighted by Crippen LogP contribution is -2.34. The molecule has 1 N–H and O–H groups in total. The molecule has 7 nitrogen and oxygen atoms in total. The van der Waals surface area contributed by atoms with Crippen LogP contribution in [-0.2, 0) is 14.8 Å². The summed E-state index contributed by atoms with van der Waals surface area (Å²) in [6, 6.07) is 10.7. The summed E-state index contributed by atoms with van der Waals surface area (Å²) in [5, 5.41) is 4.79. The third-order valence-electron chi connectivity index (χ3n) is 3.93. The number of carbonyl (C=O) groups excluding carboxylic acids is 1. The predicted octanol–water partition coefficient (Wildman–Crippen LogP) is 3.45. The standard InChI is InChI=1S/C18H19N3O4S3/c1-12-17(13-6-8-14(25-3)9-7-13)20-18(27-12)19-15(22)11-21(2)28(23,24)16-5-4-10-26-16/h4-10H,11H2,1-3H3,(H,19,20,22). The number of carbonyl (C=O) groups is 1. The van der Waals surface area contributed by atoms with E-state index < -0.39 is 15.9 Å². The number of methoxy groups -OCH3 is 1. The number of anilines is 1. The number of aryl methyl sites for hydroxylation is 1. The Kier molecular flexibility index (Phi) is 6.14. The molecule has 0 aliphatic rings. The molecule has 0 fully saturated rings. The fourth-order valence-electron chi connectivity index (χ4n) is 2.48. The van der Waals surface area contributed by atoms with Gasteiger partial charge in [0.1, 0.15) is 9.96 Å². The first-order chi connectivity index (χ1) is 13.3. The maximum atomic E-state index is 12.4. The van der Waals surface area contributed by atoms with Crippen molar-refractivity contribution >= 4 is 43.7 Å². The minimum atomic E-state index is -3.67. The summed E-state index contributed by atoms with van der Waals surface area (Å²) in [5.74, 6) is 0.304. The average molecular weight is 438 g/mol. The molecule has 0 unspecified atom stereocenters. The number of hydrogen-bond donors (Lipinski definition) is 1. The highest BCUT2D eigenvalue weighted by Crippen LogP contribution is 2.31. The number of ether oxygens (including phenoxy) is 1. The first kappa shape index (κ1) is 20.5. The second kappa shape index (κ2) is 8.39. The number of sulfonamides is 1. The van der Waals surface area contributed by atoms with E-state index in [1.165, 1.54) is 24.5 Å². The molecule has 0 radical (unpaired) electrons.